The molecule has 10 aromatic carbocycles. The predicted octanol–water partition coefficient (Wildman–Crippen LogP) is 16.3. The summed E-state index contributed by atoms with van der Waals surface area (Å²) in [5, 5.41) is 14.0. The van der Waals surface area contributed by atoms with Crippen molar-refractivity contribution in [2.45, 2.75) is 12.8 Å². The van der Waals surface area contributed by atoms with Crippen LogP contribution in [0.15, 0.2) is 224 Å². The Kier molecular flexibility index (Phi) is 8.16. The number of rotatable bonds is 5. The first-order chi connectivity index (χ1) is 35.8. The SMILES string of the molecule is C1=CC(c2nc(-n3c4ccccc4c4c3ccc3c5ccccc5n(-c5ccccc5)c34)nc(-n3c4c5ccccc5ccc4c4ccc5c6ccc7ccccc7c6n(-c6ccccc6)c5c43)n2)=CCC1. The van der Waals surface area contributed by atoms with Crippen LogP contribution in [-0.2, 0) is 0 Å². The second kappa shape index (κ2) is 15.0. The molecule has 0 radical (unpaired) electrons. The predicted molar refractivity (Wildman–Crippen MR) is 299 cm³/mol. The molecule has 7 nitrogen and oxygen atoms in total. The van der Waals surface area contributed by atoms with Crippen LogP contribution >= 0.6 is 0 Å². The minimum atomic E-state index is 0.555. The quantitative estimate of drug-likeness (QED) is 0.173. The summed E-state index contributed by atoms with van der Waals surface area (Å²) in [4.78, 5) is 16.9. The van der Waals surface area contributed by atoms with Gasteiger partial charge in [0.25, 0.3) is 0 Å². The summed E-state index contributed by atoms with van der Waals surface area (Å²) in [7, 11) is 0. The number of nitrogens with zero attached hydrogens (tertiary/aromatic N) is 7. The van der Waals surface area contributed by atoms with E-state index in [1.54, 1.807) is 0 Å². The molecule has 72 heavy (non-hydrogen) atoms. The summed E-state index contributed by atoms with van der Waals surface area (Å²) in [6.45, 7) is 0. The van der Waals surface area contributed by atoms with Gasteiger partial charge in [-0.25, -0.2) is 0 Å². The molecule has 16 rings (SSSR count). The lowest BCUT2D eigenvalue weighted by Gasteiger charge is -2.15. The Bertz CT molecular complexity index is 4850. The molecule has 15 aromatic rings. The van der Waals surface area contributed by atoms with Crippen LogP contribution in [0.4, 0.5) is 0 Å². The van der Waals surface area contributed by atoms with Gasteiger partial charge < -0.3 is 9.13 Å². The first-order valence-corrected chi connectivity index (χ1v) is 24.8. The summed E-state index contributed by atoms with van der Waals surface area (Å²) in [5.41, 5.74) is 11.9. The van der Waals surface area contributed by atoms with E-state index in [2.05, 4.69) is 243 Å². The Balaban J connectivity index is 1.09. The fourth-order valence-electron chi connectivity index (χ4n) is 12.2. The Morgan fingerprint density at radius 3 is 1.44 bits per heavy atom. The molecule has 1 aliphatic carbocycles. The van der Waals surface area contributed by atoms with Crippen LogP contribution in [0.25, 0.3) is 138 Å². The van der Waals surface area contributed by atoms with Crippen LogP contribution in [0.1, 0.15) is 18.7 Å². The van der Waals surface area contributed by atoms with Gasteiger partial charge in [-0.3, -0.25) is 9.13 Å². The molecule has 5 aromatic heterocycles. The molecule has 0 fully saturated rings. The second-order valence-electron chi connectivity index (χ2n) is 19.0. The molecule has 0 aliphatic heterocycles. The molecule has 0 spiro atoms. The van der Waals surface area contributed by atoms with Crippen molar-refractivity contribution in [2.24, 2.45) is 0 Å². The van der Waals surface area contributed by atoms with E-state index in [4.69, 9.17) is 15.0 Å². The van der Waals surface area contributed by atoms with Crippen molar-refractivity contribution in [1.82, 2.24) is 33.2 Å². The summed E-state index contributed by atoms with van der Waals surface area (Å²) in [6, 6.07) is 74.7. The zero-order valence-corrected chi connectivity index (χ0v) is 38.9. The maximum Gasteiger partial charge on any atom is 0.240 e. The van der Waals surface area contributed by atoms with Crippen LogP contribution in [0.5, 0.6) is 0 Å². The second-order valence-corrected chi connectivity index (χ2v) is 19.0. The lowest BCUT2D eigenvalue weighted by Crippen LogP contribution is -2.12. The van der Waals surface area contributed by atoms with Gasteiger partial charge in [0.15, 0.2) is 5.82 Å². The zero-order chi connectivity index (χ0) is 47.0. The van der Waals surface area contributed by atoms with Crippen molar-refractivity contribution in [3.63, 3.8) is 0 Å². The highest BCUT2D eigenvalue weighted by Crippen LogP contribution is 2.46. The van der Waals surface area contributed by atoms with Gasteiger partial charge >= 0.3 is 0 Å². The van der Waals surface area contributed by atoms with Gasteiger partial charge in [0, 0.05) is 70.8 Å². The number of hydrogen-bond acceptors (Lipinski definition) is 3. The lowest BCUT2D eigenvalue weighted by atomic mass is 10.0. The highest BCUT2D eigenvalue weighted by molar-refractivity contribution is 6.29. The normalized spacial score (nSPS) is 13.2. The molecule has 0 amide bonds. The molecule has 7 heteroatoms. The zero-order valence-electron chi connectivity index (χ0n) is 38.9. The first kappa shape index (κ1) is 39.3. The van der Waals surface area contributed by atoms with Gasteiger partial charge in [0.05, 0.1) is 44.1 Å². The Hall–Kier alpha value is -9.59. The van der Waals surface area contributed by atoms with Crippen molar-refractivity contribution in [3.8, 4) is 23.3 Å². The Morgan fingerprint density at radius 2 is 0.792 bits per heavy atom. The van der Waals surface area contributed by atoms with Crippen LogP contribution in [0, 0.1) is 0 Å². The molecule has 0 saturated carbocycles. The van der Waals surface area contributed by atoms with Crippen molar-refractivity contribution in [3.05, 3.63) is 230 Å². The number of aromatic nitrogens is 7. The first-order valence-electron chi connectivity index (χ1n) is 24.8. The third-order valence-electron chi connectivity index (χ3n) is 15.2. The van der Waals surface area contributed by atoms with Gasteiger partial charge in [-0.2, -0.15) is 15.0 Å². The largest absolute Gasteiger partial charge is 0.309 e. The number of hydrogen-bond donors (Lipinski definition) is 0. The van der Waals surface area contributed by atoms with E-state index in [-0.39, 0.29) is 0 Å². The summed E-state index contributed by atoms with van der Waals surface area (Å²) >= 11 is 0. The summed E-state index contributed by atoms with van der Waals surface area (Å²) in [5.74, 6) is 1.74. The van der Waals surface area contributed by atoms with Crippen molar-refractivity contribution < 1.29 is 0 Å². The van der Waals surface area contributed by atoms with Gasteiger partial charge in [-0.15, -0.1) is 0 Å². The molecule has 336 valence electrons. The number of allylic oxidation sites excluding steroid dienone is 4. The maximum absolute atomic E-state index is 5.77. The minimum absolute atomic E-state index is 0.555. The third-order valence-corrected chi connectivity index (χ3v) is 15.2. The Labute approximate surface area is 412 Å². The van der Waals surface area contributed by atoms with Crippen molar-refractivity contribution in [1.29, 1.82) is 0 Å². The number of fused-ring (bicyclic) bond motifs is 18. The molecule has 0 atom stereocenters. The monoisotopic (exact) mass is 919 g/mol. The van der Waals surface area contributed by atoms with Crippen LogP contribution in [0.3, 0.4) is 0 Å². The maximum atomic E-state index is 5.77. The molecule has 0 unspecified atom stereocenters. The fourth-order valence-corrected chi connectivity index (χ4v) is 12.2. The van der Waals surface area contributed by atoms with Crippen molar-refractivity contribution >= 4 is 114 Å². The molecular weight excluding hydrogens is 879 g/mol. The highest BCUT2D eigenvalue weighted by Gasteiger charge is 2.27. The van der Waals surface area contributed by atoms with Gasteiger partial charge in [0.1, 0.15) is 0 Å². The Morgan fingerprint density at radius 1 is 0.306 bits per heavy atom. The molecule has 1 aliphatic rings. The van der Waals surface area contributed by atoms with E-state index >= 15 is 0 Å². The third kappa shape index (κ3) is 5.42. The average molecular weight is 920 g/mol. The van der Waals surface area contributed by atoms with E-state index in [9.17, 15) is 0 Å². The fraction of sp³-hybridized carbons (Fsp3) is 0.0308. The van der Waals surface area contributed by atoms with Crippen LogP contribution in [-0.4, -0.2) is 33.2 Å². The summed E-state index contributed by atoms with van der Waals surface area (Å²) in [6.07, 6.45) is 8.57. The van der Waals surface area contributed by atoms with E-state index in [0.29, 0.717) is 17.7 Å². The van der Waals surface area contributed by atoms with Crippen LogP contribution in [0.2, 0.25) is 0 Å². The number of benzene rings is 10. The van der Waals surface area contributed by atoms with E-state index in [0.717, 1.165) is 106 Å². The molecule has 0 bridgehead atoms. The lowest BCUT2D eigenvalue weighted by molar-refractivity contribution is 0.873. The standard InChI is InChI=1S/C65H41N7/c1-4-20-42(21-5-1)63-66-64(71-55-31-17-15-29-53(55)57-56(71)39-38-48-47-28-14-16-30-54(47)69(60(48)57)43-22-6-2-7-23-43)68-65(67-63)72-59-46-27-13-11-19-41(46)33-35-50(59)52-37-36-51-49-34-32-40-18-10-12-26-45(40)58(49)70(61(51)62(52)72)44-24-8-3-9-25-44/h2-4,6-39H,1,5H2. The molecule has 5 heterocycles. The van der Waals surface area contributed by atoms with E-state index in [1.807, 2.05) is 0 Å². The number of para-hydroxylation sites is 4. The smallest absolute Gasteiger partial charge is 0.240 e. The topological polar surface area (TPSA) is 58.4 Å². The van der Waals surface area contributed by atoms with E-state index < -0.39 is 0 Å². The molecule has 0 N–H and O–H groups in total. The minimum Gasteiger partial charge on any atom is -0.309 e. The van der Waals surface area contributed by atoms with E-state index in [1.165, 1.54) is 32.4 Å². The average Bonchev–Trinajstić information content (AvgIpc) is 4.19. The molecule has 0 saturated heterocycles. The summed E-state index contributed by atoms with van der Waals surface area (Å²) < 4.78 is 9.53. The molecular formula is C65H41N7. The van der Waals surface area contributed by atoms with Crippen molar-refractivity contribution in [2.75, 3.05) is 0 Å². The van der Waals surface area contributed by atoms with Crippen LogP contribution < -0.4 is 0 Å². The highest BCUT2D eigenvalue weighted by atomic mass is 15.3. The van der Waals surface area contributed by atoms with Gasteiger partial charge in [-0.1, -0.05) is 182 Å². The van der Waals surface area contributed by atoms with Gasteiger partial charge in [-0.05, 0) is 66.1 Å². The van der Waals surface area contributed by atoms with Gasteiger partial charge in [0.2, 0.25) is 11.9 Å².